The fraction of sp³-hybridized carbons (Fsp3) is 0.500. The van der Waals surface area contributed by atoms with Crippen LogP contribution in [0, 0.1) is 6.92 Å². The van der Waals surface area contributed by atoms with E-state index in [1.165, 1.54) is 0 Å². The summed E-state index contributed by atoms with van der Waals surface area (Å²) in [4.78, 5) is 9.37. The van der Waals surface area contributed by atoms with Gasteiger partial charge in [-0.1, -0.05) is 27.7 Å². The third kappa shape index (κ3) is 3.37. The van der Waals surface area contributed by atoms with Crippen LogP contribution in [0.2, 0.25) is 0 Å². The Hall–Kier alpha value is -1.42. The van der Waals surface area contributed by atoms with E-state index in [1.54, 1.807) is 11.3 Å². The van der Waals surface area contributed by atoms with Gasteiger partial charge in [-0.2, -0.15) is 0 Å². The molecule has 2 rings (SSSR count). The van der Waals surface area contributed by atoms with Crippen LogP contribution in [0.1, 0.15) is 45.5 Å². The van der Waals surface area contributed by atoms with Crippen LogP contribution in [0.25, 0.3) is 11.3 Å². The maximum absolute atomic E-state index is 4.74. The molecule has 0 saturated heterocycles. The van der Waals surface area contributed by atoms with Crippen molar-refractivity contribution < 1.29 is 0 Å². The fourth-order valence-corrected chi connectivity index (χ4v) is 2.70. The molecule has 2 aromatic heterocycles. The van der Waals surface area contributed by atoms with Crippen molar-refractivity contribution in [1.29, 1.82) is 0 Å². The van der Waals surface area contributed by atoms with Gasteiger partial charge < -0.3 is 5.32 Å². The quantitative estimate of drug-likeness (QED) is 0.891. The normalized spacial score (nSPS) is 11.7. The SMILES string of the molecule is CCCNc1nc(-c2ccc(C(C)(C)C)nc2C)cs1. The summed E-state index contributed by atoms with van der Waals surface area (Å²) in [7, 11) is 0. The molecule has 0 aromatic carbocycles. The van der Waals surface area contributed by atoms with E-state index >= 15 is 0 Å². The minimum atomic E-state index is 0.0825. The maximum Gasteiger partial charge on any atom is 0.183 e. The van der Waals surface area contributed by atoms with Gasteiger partial charge in [0.1, 0.15) is 0 Å². The average Bonchev–Trinajstić information content (AvgIpc) is 2.83. The van der Waals surface area contributed by atoms with E-state index in [1.807, 2.05) is 0 Å². The van der Waals surface area contributed by atoms with Crippen LogP contribution in [0.4, 0.5) is 5.13 Å². The van der Waals surface area contributed by atoms with Crippen molar-refractivity contribution in [2.45, 2.75) is 46.5 Å². The molecule has 0 amide bonds. The molecule has 4 heteroatoms. The zero-order chi connectivity index (χ0) is 14.8. The molecular formula is C16H23N3S. The summed E-state index contributed by atoms with van der Waals surface area (Å²) in [6.07, 6.45) is 1.11. The Morgan fingerprint density at radius 1 is 1.20 bits per heavy atom. The van der Waals surface area contributed by atoms with Gasteiger partial charge in [-0.3, -0.25) is 4.98 Å². The van der Waals surface area contributed by atoms with Crippen LogP contribution < -0.4 is 5.32 Å². The van der Waals surface area contributed by atoms with Gasteiger partial charge in [0.2, 0.25) is 0 Å². The van der Waals surface area contributed by atoms with Gasteiger partial charge in [-0.15, -0.1) is 11.3 Å². The first-order valence-electron chi connectivity index (χ1n) is 7.09. The first-order chi connectivity index (χ1) is 9.41. The van der Waals surface area contributed by atoms with Gasteiger partial charge in [-0.05, 0) is 25.5 Å². The van der Waals surface area contributed by atoms with E-state index in [2.05, 4.69) is 62.4 Å². The first kappa shape index (κ1) is 15.0. The number of anilines is 1. The molecule has 0 saturated carbocycles. The van der Waals surface area contributed by atoms with Crippen LogP contribution >= 0.6 is 11.3 Å². The highest BCUT2D eigenvalue weighted by molar-refractivity contribution is 7.14. The Balaban J connectivity index is 2.27. The summed E-state index contributed by atoms with van der Waals surface area (Å²) >= 11 is 1.65. The van der Waals surface area contributed by atoms with Gasteiger partial charge in [0.05, 0.1) is 5.69 Å². The minimum Gasteiger partial charge on any atom is -0.362 e. The maximum atomic E-state index is 4.74. The standard InChI is InChI=1S/C16H23N3S/c1-6-9-17-15-19-13(10-20-15)12-7-8-14(16(3,4)5)18-11(12)2/h7-8,10H,6,9H2,1-5H3,(H,17,19). The Bertz CT molecular complexity index is 582. The van der Waals surface area contributed by atoms with Crippen molar-refractivity contribution in [2.24, 2.45) is 0 Å². The Kier molecular flexibility index (Phi) is 4.43. The fourth-order valence-electron chi connectivity index (χ4n) is 1.96. The van der Waals surface area contributed by atoms with Crippen LogP contribution in [0.3, 0.4) is 0 Å². The summed E-state index contributed by atoms with van der Waals surface area (Å²) in [5, 5.41) is 6.41. The van der Waals surface area contributed by atoms with E-state index in [-0.39, 0.29) is 5.41 Å². The van der Waals surface area contributed by atoms with Crippen LogP contribution in [-0.4, -0.2) is 16.5 Å². The summed E-state index contributed by atoms with van der Waals surface area (Å²) in [6.45, 7) is 11.7. The van der Waals surface area contributed by atoms with Crippen molar-refractivity contribution in [2.75, 3.05) is 11.9 Å². The Morgan fingerprint density at radius 2 is 1.95 bits per heavy atom. The van der Waals surface area contributed by atoms with E-state index in [4.69, 9.17) is 4.98 Å². The second-order valence-corrected chi connectivity index (χ2v) is 6.90. The smallest absolute Gasteiger partial charge is 0.183 e. The largest absolute Gasteiger partial charge is 0.362 e. The molecule has 1 N–H and O–H groups in total. The molecule has 2 aromatic rings. The molecule has 2 heterocycles. The van der Waals surface area contributed by atoms with E-state index < -0.39 is 0 Å². The highest BCUT2D eigenvalue weighted by atomic mass is 32.1. The number of aromatic nitrogens is 2. The molecule has 20 heavy (non-hydrogen) atoms. The molecule has 0 radical (unpaired) electrons. The van der Waals surface area contributed by atoms with Crippen molar-refractivity contribution in [1.82, 2.24) is 9.97 Å². The molecule has 0 fully saturated rings. The second-order valence-electron chi connectivity index (χ2n) is 6.04. The molecule has 0 spiro atoms. The number of aryl methyl sites for hydroxylation is 1. The lowest BCUT2D eigenvalue weighted by atomic mass is 9.91. The van der Waals surface area contributed by atoms with Crippen LogP contribution in [-0.2, 0) is 5.41 Å². The number of pyridine rings is 1. The number of hydrogen-bond donors (Lipinski definition) is 1. The zero-order valence-corrected chi connectivity index (χ0v) is 13.8. The van der Waals surface area contributed by atoms with Gasteiger partial charge >= 0.3 is 0 Å². The molecule has 0 unspecified atom stereocenters. The lowest BCUT2D eigenvalue weighted by Crippen LogP contribution is -2.14. The van der Waals surface area contributed by atoms with Crippen molar-refractivity contribution in [3.05, 3.63) is 28.9 Å². The third-order valence-electron chi connectivity index (χ3n) is 3.16. The summed E-state index contributed by atoms with van der Waals surface area (Å²) < 4.78 is 0. The molecule has 0 atom stereocenters. The van der Waals surface area contributed by atoms with Gasteiger partial charge in [0.25, 0.3) is 0 Å². The lowest BCUT2D eigenvalue weighted by molar-refractivity contribution is 0.567. The molecule has 0 aliphatic rings. The highest BCUT2D eigenvalue weighted by Gasteiger charge is 2.17. The van der Waals surface area contributed by atoms with Gasteiger partial charge in [0, 0.05) is 34.3 Å². The number of nitrogens with zero attached hydrogens (tertiary/aromatic N) is 2. The van der Waals surface area contributed by atoms with E-state index in [9.17, 15) is 0 Å². The molecule has 108 valence electrons. The van der Waals surface area contributed by atoms with Gasteiger partial charge in [0.15, 0.2) is 5.13 Å². The summed E-state index contributed by atoms with van der Waals surface area (Å²) in [6, 6.07) is 4.25. The topological polar surface area (TPSA) is 37.8 Å². The predicted molar refractivity (Wildman–Crippen MR) is 87.6 cm³/mol. The predicted octanol–water partition coefficient (Wildman–Crippen LogP) is 4.63. The Morgan fingerprint density at radius 3 is 2.55 bits per heavy atom. The van der Waals surface area contributed by atoms with Crippen LogP contribution in [0.5, 0.6) is 0 Å². The number of thiazole rings is 1. The third-order valence-corrected chi connectivity index (χ3v) is 3.96. The highest BCUT2D eigenvalue weighted by Crippen LogP contribution is 2.29. The molecular weight excluding hydrogens is 266 g/mol. The van der Waals surface area contributed by atoms with Crippen molar-refractivity contribution in [3.63, 3.8) is 0 Å². The van der Waals surface area contributed by atoms with Gasteiger partial charge in [-0.25, -0.2) is 4.98 Å². The second kappa shape index (κ2) is 5.92. The zero-order valence-electron chi connectivity index (χ0n) is 12.9. The molecule has 3 nitrogen and oxygen atoms in total. The molecule has 0 aliphatic carbocycles. The van der Waals surface area contributed by atoms with E-state index in [0.717, 1.165) is 40.7 Å². The van der Waals surface area contributed by atoms with Crippen LogP contribution in [0.15, 0.2) is 17.5 Å². The Labute approximate surface area is 125 Å². The number of hydrogen-bond acceptors (Lipinski definition) is 4. The first-order valence-corrected chi connectivity index (χ1v) is 7.97. The summed E-state index contributed by atoms with van der Waals surface area (Å²) in [5.74, 6) is 0. The molecule has 0 aliphatic heterocycles. The number of nitrogens with one attached hydrogen (secondary N) is 1. The minimum absolute atomic E-state index is 0.0825. The monoisotopic (exact) mass is 289 g/mol. The summed E-state index contributed by atoms with van der Waals surface area (Å²) in [5.41, 5.74) is 4.39. The van der Waals surface area contributed by atoms with E-state index in [0.29, 0.717) is 0 Å². The molecule has 0 bridgehead atoms. The van der Waals surface area contributed by atoms with Crippen molar-refractivity contribution in [3.8, 4) is 11.3 Å². The lowest BCUT2D eigenvalue weighted by Gasteiger charge is -2.18. The van der Waals surface area contributed by atoms with Crippen molar-refractivity contribution >= 4 is 16.5 Å². The average molecular weight is 289 g/mol. The number of rotatable bonds is 4.